The van der Waals surface area contributed by atoms with E-state index in [0.29, 0.717) is 6.42 Å². The van der Waals surface area contributed by atoms with Gasteiger partial charge < -0.3 is 10.6 Å². The van der Waals surface area contributed by atoms with Gasteiger partial charge in [-0.25, -0.2) is 0 Å². The molecule has 1 saturated heterocycles. The summed E-state index contributed by atoms with van der Waals surface area (Å²) < 4.78 is 0. The molecule has 3 heteroatoms. The second kappa shape index (κ2) is 5.66. The number of carbonyl (C=O) groups is 1. The molecule has 1 heterocycles. The van der Waals surface area contributed by atoms with Crippen LogP contribution in [0.4, 0.5) is 0 Å². The Balaban J connectivity index is 2.30. The molecule has 1 amide bonds. The van der Waals surface area contributed by atoms with Crippen molar-refractivity contribution >= 4 is 5.91 Å². The van der Waals surface area contributed by atoms with E-state index in [-0.39, 0.29) is 18.0 Å². The van der Waals surface area contributed by atoms with Crippen LogP contribution in [0.3, 0.4) is 0 Å². The number of hydrogen-bond donors (Lipinski definition) is 2. The van der Waals surface area contributed by atoms with Gasteiger partial charge in [-0.2, -0.15) is 0 Å². The number of amides is 1. The molecule has 1 unspecified atom stereocenters. The average Bonchev–Trinajstić information content (AvgIpc) is 2.19. The first kappa shape index (κ1) is 11.1. The summed E-state index contributed by atoms with van der Waals surface area (Å²) in [4.78, 5) is 11.6. The van der Waals surface area contributed by atoms with Gasteiger partial charge >= 0.3 is 0 Å². The Morgan fingerprint density at radius 2 is 2.50 bits per heavy atom. The maximum Gasteiger partial charge on any atom is 0.237 e. The molecule has 1 aliphatic rings. The van der Waals surface area contributed by atoms with Gasteiger partial charge in [0.05, 0.1) is 6.04 Å². The molecule has 0 spiro atoms. The number of rotatable bonds is 3. The van der Waals surface area contributed by atoms with Gasteiger partial charge in [0.1, 0.15) is 0 Å². The maximum atomic E-state index is 11.6. The standard InChI is InChI=1S/C11H18N2O/c1-3-6-9(2)13-11(14)10-7-4-5-8-12-10/h1,9-10,12H,4-8H2,2H3,(H,13,14)/t9?,10-/m1/s1. The van der Waals surface area contributed by atoms with Crippen LogP contribution in [0.1, 0.15) is 32.6 Å². The van der Waals surface area contributed by atoms with Crippen molar-refractivity contribution in [3.63, 3.8) is 0 Å². The fraction of sp³-hybridized carbons (Fsp3) is 0.727. The summed E-state index contributed by atoms with van der Waals surface area (Å²) >= 11 is 0. The van der Waals surface area contributed by atoms with Gasteiger partial charge in [0.15, 0.2) is 0 Å². The Morgan fingerprint density at radius 3 is 3.07 bits per heavy atom. The maximum absolute atomic E-state index is 11.6. The highest BCUT2D eigenvalue weighted by molar-refractivity contribution is 5.82. The largest absolute Gasteiger partial charge is 0.351 e. The van der Waals surface area contributed by atoms with Crippen LogP contribution in [0.2, 0.25) is 0 Å². The lowest BCUT2D eigenvalue weighted by atomic mass is 10.0. The second-order valence-corrected chi connectivity index (χ2v) is 3.82. The van der Waals surface area contributed by atoms with Gasteiger partial charge in [0.2, 0.25) is 5.91 Å². The van der Waals surface area contributed by atoms with Gasteiger partial charge in [0, 0.05) is 12.5 Å². The smallest absolute Gasteiger partial charge is 0.237 e. The molecule has 2 N–H and O–H groups in total. The topological polar surface area (TPSA) is 41.1 Å². The first-order valence-corrected chi connectivity index (χ1v) is 5.21. The van der Waals surface area contributed by atoms with E-state index < -0.39 is 0 Å². The summed E-state index contributed by atoms with van der Waals surface area (Å²) in [7, 11) is 0. The van der Waals surface area contributed by atoms with E-state index in [2.05, 4.69) is 16.6 Å². The lowest BCUT2D eigenvalue weighted by molar-refractivity contribution is -0.124. The highest BCUT2D eigenvalue weighted by atomic mass is 16.2. The quantitative estimate of drug-likeness (QED) is 0.648. The minimum Gasteiger partial charge on any atom is -0.351 e. The van der Waals surface area contributed by atoms with E-state index in [4.69, 9.17) is 6.42 Å². The molecule has 0 aliphatic carbocycles. The zero-order chi connectivity index (χ0) is 10.4. The zero-order valence-corrected chi connectivity index (χ0v) is 8.68. The van der Waals surface area contributed by atoms with Crippen LogP contribution < -0.4 is 10.6 Å². The first-order valence-electron chi connectivity index (χ1n) is 5.21. The van der Waals surface area contributed by atoms with Crippen LogP contribution in [0, 0.1) is 12.3 Å². The molecule has 1 rings (SSSR count). The third-order valence-corrected chi connectivity index (χ3v) is 2.44. The van der Waals surface area contributed by atoms with Crippen LogP contribution in [0.15, 0.2) is 0 Å². The number of carbonyl (C=O) groups excluding carboxylic acids is 1. The van der Waals surface area contributed by atoms with Crippen molar-refractivity contribution in [3.05, 3.63) is 0 Å². The van der Waals surface area contributed by atoms with Crippen molar-refractivity contribution in [2.75, 3.05) is 6.54 Å². The number of hydrogen-bond acceptors (Lipinski definition) is 2. The van der Waals surface area contributed by atoms with Crippen LogP contribution in [-0.2, 0) is 4.79 Å². The molecule has 1 fully saturated rings. The number of nitrogens with one attached hydrogen (secondary N) is 2. The fourth-order valence-electron chi connectivity index (χ4n) is 1.65. The van der Waals surface area contributed by atoms with E-state index in [1.54, 1.807) is 0 Å². The van der Waals surface area contributed by atoms with Crippen molar-refractivity contribution in [2.24, 2.45) is 0 Å². The van der Waals surface area contributed by atoms with Gasteiger partial charge in [-0.3, -0.25) is 4.79 Å². The third kappa shape index (κ3) is 3.39. The molecule has 1 aliphatic heterocycles. The Morgan fingerprint density at radius 1 is 1.71 bits per heavy atom. The van der Waals surface area contributed by atoms with Gasteiger partial charge in [0.25, 0.3) is 0 Å². The predicted molar refractivity (Wildman–Crippen MR) is 56.7 cm³/mol. The molecule has 0 aromatic rings. The van der Waals surface area contributed by atoms with Crippen LogP contribution in [0.25, 0.3) is 0 Å². The fourth-order valence-corrected chi connectivity index (χ4v) is 1.65. The van der Waals surface area contributed by atoms with Gasteiger partial charge in [-0.15, -0.1) is 12.3 Å². The van der Waals surface area contributed by atoms with E-state index in [0.717, 1.165) is 19.4 Å². The molecule has 14 heavy (non-hydrogen) atoms. The highest BCUT2D eigenvalue weighted by Gasteiger charge is 2.20. The van der Waals surface area contributed by atoms with Crippen molar-refractivity contribution in [1.29, 1.82) is 0 Å². The summed E-state index contributed by atoms with van der Waals surface area (Å²) in [5, 5.41) is 6.11. The molecular formula is C11H18N2O. The summed E-state index contributed by atoms with van der Waals surface area (Å²) in [5.41, 5.74) is 0. The first-order chi connectivity index (χ1) is 6.74. The normalized spacial score (nSPS) is 23.6. The summed E-state index contributed by atoms with van der Waals surface area (Å²) in [6, 6.07) is 0.0696. The molecule has 0 saturated carbocycles. The third-order valence-electron chi connectivity index (χ3n) is 2.44. The second-order valence-electron chi connectivity index (χ2n) is 3.82. The van der Waals surface area contributed by atoms with Crippen molar-refractivity contribution in [3.8, 4) is 12.3 Å². The van der Waals surface area contributed by atoms with Crippen molar-refractivity contribution in [2.45, 2.75) is 44.7 Å². The summed E-state index contributed by atoms with van der Waals surface area (Å²) in [6.45, 7) is 2.88. The number of piperidine rings is 1. The van der Waals surface area contributed by atoms with E-state index in [1.165, 1.54) is 6.42 Å². The van der Waals surface area contributed by atoms with E-state index in [9.17, 15) is 4.79 Å². The van der Waals surface area contributed by atoms with Crippen molar-refractivity contribution < 1.29 is 4.79 Å². The van der Waals surface area contributed by atoms with Crippen molar-refractivity contribution in [1.82, 2.24) is 10.6 Å². The number of terminal acetylenes is 1. The monoisotopic (exact) mass is 194 g/mol. The Kier molecular flexibility index (Phi) is 4.48. The minimum atomic E-state index is -0.0102. The molecule has 2 atom stereocenters. The summed E-state index contributed by atoms with van der Waals surface area (Å²) in [6.07, 6.45) is 9.01. The minimum absolute atomic E-state index is 0.0102. The molecule has 0 radical (unpaired) electrons. The van der Waals surface area contributed by atoms with Crippen LogP contribution >= 0.6 is 0 Å². The SMILES string of the molecule is C#CCC(C)NC(=O)[C@H]1CCCCN1. The average molecular weight is 194 g/mol. The van der Waals surface area contributed by atoms with Crippen LogP contribution in [-0.4, -0.2) is 24.5 Å². The summed E-state index contributed by atoms with van der Waals surface area (Å²) in [5.74, 6) is 2.63. The molecular weight excluding hydrogens is 176 g/mol. The van der Waals surface area contributed by atoms with Gasteiger partial charge in [-0.05, 0) is 26.3 Å². The lowest BCUT2D eigenvalue weighted by Crippen LogP contribution is -2.48. The Labute approximate surface area is 85.6 Å². The van der Waals surface area contributed by atoms with E-state index >= 15 is 0 Å². The molecule has 78 valence electrons. The zero-order valence-electron chi connectivity index (χ0n) is 8.68. The lowest BCUT2D eigenvalue weighted by Gasteiger charge is -2.24. The Hall–Kier alpha value is -1.01. The highest BCUT2D eigenvalue weighted by Crippen LogP contribution is 2.07. The molecule has 0 aromatic heterocycles. The molecule has 0 aromatic carbocycles. The van der Waals surface area contributed by atoms with Crippen LogP contribution in [0.5, 0.6) is 0 Å². The Bertz CT molecular complexity index is 226. The van der Waals surface area contributed by atoms with Gasteiger partial charge in [-0.1, -0.05) is 6.42 Å². The molecule has 0 bridgehead atoms. The predicted octanol–water partition coefficient (Wildman–Crippen LogP) is 0.656. The van der Waals surface area contributed by atoms with E-state index in [1.807, 2.05) is 6.92 Å². The molecule has 3 nitrogen and oxygen atoms in total.